The smallest absolute Gasteiger partial charge is 0.335 e. The van der Waals surface area contributed by atoms with Crippen molar-refractivity contribution in [3.63, 3.8) is 0 Å². The van der Waals surface area contributed by atoms with Crippen LogP contribution in [0.1, 0.15) is 290 Å². The normalized spacial score (nSPS) is 18.1. The number of carbonyl (C=O) groups excluding carboxylic acids is 3. The van der Waals surface area contributed by atoms with Crippen LogP contribution in [0.15, 0.2) is 97.2 Å². The Morgan fingerprint density at radius 2 is 0.753 bits per heavy atom. The minimum Gasteiger partial charge on any atom is -0.479 e. The molecule has 486 valence electrons. The van der Waals surface area contributed by atoms with Crippen molar-refractivity contribution >= 4 is 23.9 Å². The maximum absolute atomic E-state index is 13.2. The summed E-state index contributed by atoms with van der Waals surface area (Å²) in [6.07, 6.45) is 68.0. The lowest BCUT2D eigenvalue weighted by molar-refractivity contribution is -0.301. The van der Waals surface area contributed by atoms with Gasteiger partial charge >= 0.3 is 23.9 Å². The zero-order valence-corrected chi connectivity index (χ0v) is 53.8. The Labute approximate surface area is 517 Å². The van der Waals surface area contributed by atoms with Gasteiger partial charge in [-0.1, -0.05) is 272 Å². The number of allylic oxidation sites excluding steroid dienone is 16. The highest BCUT2D eigenvalue weighted by molar-refractivity contribution is 5.74. The molecule has 6 atom stereocenters. The molecule has 0 aromatic carbocycles. The molecule has 0 spiro atoms. The molecule has 1 fully saturated rings. The number of ether oxygens (including phenoxy) is 5. The van der Waals surface area contributed by atoms with E-state index in [-0.39, 0.29) is 25.9 Å². The maximum atomic E-state index is 13.2. The first-order chi connectivity index (χ1) is 41.6. The summed E-state index contributed by atoms with van der Waals surface area (Å²) in [6.45, 7) is 5.84. The number of carboxylic acids is 1. The average Bonchev–Trinajstić information content (AvgIpc) is 3.53. The van der Waals surface area contributed by atoms with Gasteiger partial charge in [-0.05, 0) is 96.3 Å². The van der Waals surface area contributed by atoms with Crippen LogP contribution in [0, 0.1) is 0 Å². The molecule has 1 rings (SSSR count). The molecule has 85 heavy (non-hydrogen) atoms. The molecule has 0 radical (unpaired) electrons. The predicted octanol–water partition coefficient (Wildman–Crippen LogP) is 18.8. The third kappa shape index (κ3) is 49.3. The Bertz CT molecular complexity index is 1840. The van der Waals surface area contributed by atoms with E-state index in [0.717, 1.165) is 109 Å². The number of hydrogen-bond donors (Lipinski definition) is 3. The first-order valence-electron chi connectivity index (χ1n) is 34.2. The van der Waals surface area contributed by atoms with Crippen molar-refractivity contribution in [3.8, 4) is 0 Å². The lowest BCUT2D eigenvalue weighted by Gasteiger charge is -2.40. The molecule has 0 saturated carbocycles. The Kier molecular flexibility index (Phi) is 55.5. The Balaban J connectivity index is 2.68. The van der Waals surface area contributed by atoms with Crippen LogP contribution in [-0.4, -0.2) is 89.2 Å². The predicted molar refractivity (Wildman–Crippen MR) is 349 cm³/mol. The summed E-state index contributed by atoms with van der Waals surface area (Å²) in [7, 11) is 0. The van der Waals surface area contributed by atoms with E-state index in [1.807, 2.05) is 6.08 Å². The number of aliphatic hydroxyl groups excluding tert-OH is 2. The highest BCUT2D eigenvalue weighted by Gasteiger charge is 2.50. The van der Waals surface area contributed by atoms with Gasteiger partial charge in [0.2, 0.25) is 0 Å². The van der Waals surface area contributed by atoms with Gasteiger partial charge in [0, 0.05) is 19.3 Å². The molecule has 0 aromatic rings. The van der Waals surface area contributed by atoms with Crippen molar-refractivity contribution in [2.24, 2.45) is 0 Å². The van der Waals surface area contributed by atoms with E-state index in [1.165, 1.54) is 116 Å². The summed E-state index contributed by atoms with van der Waals surface area (Å²) in [5.74, 6) is -3.21. The first-order valence-corrected chi connectivity index (χ1v) is 34.2. The van der Waals surface area contributed by atoms with E-state index in [4.69, 9.17) is 23.7 Å². The van der Waals surface area contributed by atoms with Gasteiger partial charge in [-0.25, -0.2) is 4.79 Å². The number of aliphatic hydroxyl groups is 2. The van der Waals surface area contributed by atoms with Crippen molar-refractivity contribution in [1.82, 2.24) is 0 Å². The summed E-state index contributed by atoms with van der Waals surface area (Å²) in [4.78, 5) is 51.4. The second-order valence-corrected chi connectivity index (χ2v) is 23.1. The number of unbranched alkanes of at least 4 members (excludes halogenated alkanes) is 28. The van der Waals surface area contributed by atoms with Crippen LogP contribution in [0.5, 0.6) is 0 Å². The summed E-state index contributed by atoms with van der Waals surface area (Å²) < 4.78 is 28.5. The van der Waals surface area contributed by atoms with Gasteiger partial charge in [-0.2, -0.15) is 0 Å². The van der Waals surface area contributed by atoms with Gasteiger partial charge in [-0.3, -0.25) is 14.4 Å². The largest absolute Gasteiger partial charge is 0.479 e. The van der Waals surface area contributed by atoms with Gasteiger partial charge in [0.15, 0.2) is 24.6 Å². The van der Waals surface area contributed by atoms with Gasteiger partial charge in [0.25, 0.3) is 0 Å². The van der Waals surface area contributed by atoms with Gasteiger partial charge in [0.05, 0.1) is 6.61 Å². The third-order valence-corrected chi connectivity index (χ3v) is 15.1. The fourth-order valence-electron chi connectivity index (χ4n) is 9.94. The van der Waals surface area contributed by atoms with Crippen LogP contribution >= 0.6 is 0 Å². The SMILES string of the molecule is CC/C=C\C/C=C\C/C=C\C/C=C\C/C=C\CCCC(=O)OC(COC(=O)CCCCCCCC/C=C\C/C=C\C/C=C\CCCCC)COC1OC(C(=O)O)C(O)C(O)C1OC(=O)CCCCCCCCCCCCCCCCCCCCC. The van der Waals surface area contributed by atoms with Gasteiger partial charge in [0.1, 0.15) is 18.8 Å². The lowest BCUT2D eigenvalue weighted by atomic mass is 9.98. The van der Waals surface area contributed by atoms with E-state index < -0.39 is 67.3 Å². The molecular weight excluding hydrogens is 1070 g/mol. The zero-order chi connectivity index (χ0) is 61.7. The molecule has 3 N–H and O–H groups in total. The van der Waals surface area contributed by atoms with E-state index in [0.29, 0.717) is 25.7 Å². The van der Waals surface area contributed by atoms with E-state index >= 15 is 0 Å². The minimum absolute atomic E-state index is 0.0525. The summed E-state index contributed by atoms with van der Waals surface area (Å²) >= 11 is 0. The van der Waals surface area contributed by atoms with Crippen LogP contribution in [0.3, 0.4) is 0 Å². The fourth-order valence-corrected chi connectivity index (χ4v) is 9.94. The van der Waals surface area contributed by atoms with Crippen LogP contribution in [0.2, 0.25) is 0 Å². The van der Waals surface area contributed by atoms with Crippen molar-refractivity contribution in [2.45, 2.75) is 327 Å². The molecule has 12 heteroatoms. The van der Waals surface area contributed by atoms with E-state index in [9.17, 15) is 34.5 Å². The number of hydrogen-bond acceptors (Lipinski definition) is 11. The second-order valence-electron chi connectivity index (χ2n) is 23.1. The van der Waals surface area contributed by atoms with Crippen molar-refractivity contribution in [1.29, 1.82) is 0 Å². The number of carboxylic acid groups (broad SMARTS) is 1. The Morgan fingerprint density at radius 1 is 0.400 bits per heavy atom. The van der Waals surface area contributed by atoms with Gasteiger partial charge in [-0.15, -0.1) is 0 Å². The van der Waals surface area contributed by atoms with Crippen molar-refractivity contribution in [2.75, 3.05) is 13.2 Å². The topological polar surface area (TPSA) is 175 Å². The maximum Gasteiger partial charge on any atom is 0.335 e. The Hall–Kier alpha value is -4.36. The molecule has 1 aliphatic heterocycles. The molecule has 1 saturated heterocycles. The fraction of sp³-hybridized carbons (Fsp3) is 0.726. The van der Waals surface area contributed by atoms with E-state index in [2.05, 4.69) is 112 Å². The Morgan fingerprint density at radius 3 is 1.19 bits per heavy atom. The molecule has 12 nitrogen and oxygen atoms in total. The number of aliphatic carboxylic acids is 1. The van der Waals surface area contributed by atoms with Gasteiger partial charge < -0.3 is 39.0 Å². The second kappa shape index (κ2) is 59.9. The average molecular weight is 1190 g/mol. The molecule has 0 bridgehead atoms. The third-order valence-electron chi connectivity index (χ3n) is 15.1. The van der Waals surface area contributed by atoms with E-state index in [1.54, 1.807) is 0 Å². The molecule has 0 amide bonds. The summed E-state index contributed by atoms with van der Waals surface area (Å²) in [6, 6.07) is 0. The number of rotatable bonds is 58. The molecule has 0 aliphatic carbocycles. The number of carbonyl (C=O) groups is 4. The molecule has 1 heterocycles. The molecule has 0 aromatic heterocycles. The van der Waals surface area contributed by atoms with Crippen LogP contribution < -0.4 is 0 Å². The summed E-state index contributed by atoms with van der Waals surface area (Å²) in [5, 5.41) is 31.7. The molecule has 6 unspecified atom stereocenters. The van der Waals surface area contributed by atoms with Crippen LogP contribution in [-0.2, 0) is 42.9 Å². The monoisotopic (exact) mass is 1190 g/mol. The number of esters is 3. The van der Waals surface area contributed by atoms with Crippen LogP contribution in [0.25, 0.3) is 0 Å². The van der Waals surface area contributed by atoms with Crippen LogP contribution in [0.4, 0.5) is 0 Å². The quantitative estimate of drug-likeness (QED) is 0.0228. The lowest BCUT2D eigenvalue weighted by Crippen LogP contribution is -2.61. The minimum atomic E-state index is -1.92. The highest BCUT2D eigenvalue weighted by Crippen LogP contribution is 2.27. The first kappa shape index (κ1) is 78.7. The highest BCUT2D eigenvalue weighted by atomic mass is 16.7. The standard InChI is InChI=1S/C73H122O12/c1-4-7-10-13-16-19-22-25-28-31-33-36-38-41-44-47-50-53-56-59-65(74)81-62-64(83-66(75)60-57-54-51-48-45-42-39-35-30-27-24-21-18-15-12-9-6-3)63-82-73-71(69(78)68(77)70(85-73)72(79)80)84-67(76)61-58-55-52-49-46-43-40-37-34-32-29-26-23-20-17-14-11-8-5-2/h9,12,16,18-19,21,25,27-28,30,33,36,39,42,48,51,64,68-71,73,77-78H,4-8,10-11,13-15,17,20,22-24,26,29,31-32,34-35,37-38,40-41,43-47,49-50,52-63H2,1-3H3,(H,79,80)/b12-9-,19-16-,21-18-,28-25-,30-27-,36-33-,42-39-,51-48-. The summed E-state index contributed by atoms with van der Waals surface area (Å²) in [5.41, 5.74) is 0. The molecule has 1 aliphatic rings. The van der Waals surface area contributed by atoms with Crippen molar-refractivity contribution < 1.29 is 58.2 Å². The van der Waals surface area contributed by atoms with Crippen molar-refractivity contribution in [3.05, 3.63) is 97.2 Å². The zero-order valence-electron chi connectivity index (χ0n) is 53.8. The molecular formula is C73H122O12.